The predicted octanol–water partition coefficient (Wildman–Crippen LogP) is 13.9. The van der Waals surface area contributed by atoms with E-state index < -0.39 is 6.16 Å². The van der Waals surface area contributed by atoms with Crippen LogP contribution in [-0.2, 0) is 28.5 Å². The van der Waals surface area contributed by atoms with Gasteiger partial charge < -0.3 is 33.7 Å². The van der Waals surface area contributed by atoms with E-state index in [1.54, 1.807) is 0 Å². The molecule has 0 radical (unpaired) electrons. The van der Waals surface area contributed by atoms with Gasteiger partial charge >= 0.3 is 12.1 Å². The lowest BCUT2D eigenvalue weighted by Gasteiger charge is -2.21. The van der Waals surface area contributed by atoms with Crippen LogP contribution in [0.2, 0.25) is 0 Å². The number of hydrogen-bond donors (Lipinski definition) is 1. The van der Waals surface area contributed by atoms with Crippen molar-refractivity contribution in [3.63, 3.8) is 0 Å². The number of aliphatic hydroxyl groups is 1. The highest BCUT2D eigenvalue weighted by molar-refractivity contribution is 5.69. The topological polar surface area (TPSA) is 104 Å². The molecule has 0 aliphatic rings. The molecule has 1 atom stereocenters. The second-order valence-corrected chi connectivity index (χ2v) is 17.2. The van der Waals surface area contributed by atoms with Crippen molar-refractivity contribution >= 4 is 12.1 Å². The van der Waals surface area contributed by atoms with Crippen molar-refractivity contribution in [1.29, 1.82) is 0 Å². The van der Waals surface area contributed by atoms with Gasteiger partial charge in [-0.3, -0.25) is 4.79 Å². The van der Waals surface area contributed by atoms with E-state index in [1.165, 1.54) is 128 Å². The number of esters is 1. The molecule has 0 saturated heterocycles. The van der Waals surface area contributed by atoms with E-state index in [0.717, 1.165) is 83.7 Å². The number of nitrogens with zero attached hydrogens (tertiary/aromatic N) is 1. The second kappa shape index (κ2) is 47.6. The highest BCUT2D eigenvalue weighted by Crippen LogP contribution is 2.20. The van der Waals surface area contributed by atoms with Gasteiger partial charge in [0.2, 0.25) is 0 Å². The summed E-state index contributed by atoms with van der Waals surface area (Å²) in [4.78, 5) is 27.2. The van der Waals surface area contributed by atoms with Crippen molar-refractivity contribution < 1.29 is 38.4 Å². The molecule has 0 aliphatic carbocycles. The normalized spacial score (nSPS) is 12.1. The fourth-order valence-electron chi connectivity index (χ4n) is 7.55. The minimum Gasteiger partial charge on any atom is -0.466 e. The molecule has 0 bridgehead atoms. The largest absolute Gasteiger partial charge is 0.508 e. The Kier molecular flexibility index (Phi) is 46.5. The van der Waals surface area contributed by atoms with E-state index in [9.17, 15) is 14.7 Å². The van der Waals surface area contributed by atoms with Gasteiger partial charge in [-0.1, -0.05) is 169 Å². The fraction of sp³-hybridized carbons (Fsp3) is 0.960. The Morgan fingerprint density at radius 1 is 0.441 bits per heavy atom. The van der Waals surface area contributed by atoms with Gasteiger partial charge in [-0.25, -0.2) is 4.79 Å². The van der Waals surface area contributed by atoms with Crippen LogP contribution in [0.25, 0.3) is 0 Å². The minimum absolute atomic E-state index is 0.151. The van der Waals surface area contributed by atoms with Crippen LogP contribution in [0.15, 0.2) is 0 Å². The van der Waals surface area contributed by atoms with E-state index in [0.29, 0.717) is 58.3 Å². The summed E-state index contributed by atoms with van der Waals surface area (Å²) in [5, 5.41) is 9.60. The van der Waals surface area contributed by atoms with Gasteiger partial charge in [0.25, 0.3) is 0 Å². The zero-order chi connectivity index (χ0) is 43.1. The smallest absolute Gasteiger partial charge is 0.466 e. The lowest BCUT2D eigenvalue weighted by Crippen LogP contribution is -2.29. The number of unbranched alkanes of at least 4 members (excludes halogenated alkanes) is 23. The molecule has 0 fully saturated rings. The summed E-state index contributed by atoms with van der Waals surface area (Å²) in [6.07, 6.45) is 36.4. The monoisotopic (exact) mass is 842 g/mol. The van der Waals surface area contributed by atoms with Crippen molar-refractivity contribution in [2.75, 3.05) is 59.3 Å². The maximum atomic E-state index is 12.5. The van der Waals surface area contributed by atoms with Crippen molar-refractivity contribution in [2.24, 2.45) is 5.92 Å². The van der Waals surface area contributed by atoms with Crippen LogP contribution in [0.3, 0.4) is 0 Å². The number of hydrogen-bond acceptors (Lipinski definition) is 9. The molecule has 1 unspecified atom stereocenters. The van der Waals surface area contributed by atoms with Crippen LogP contribution < -0.4 is 0 Å². The van der Waals surface area contributed by atoms with Crippen molar-refractivity contribution in [2.45, 2.75) is 246 Å². The third-order valence-corrected chi connectivity index (χ3v) is 11.4. The third-order valence-electron chi connectivity index (χ3n) is 11.4. The van der Waals surface area contributed by atoms with E-state index in [1.807, 2.05) is 0 Å². The number of rotatable bonds is 48. The highest BCUT2D eigenvalue weighted by atomic mass is 16.7. The average molecular weight is 842 g/mol. The summed E-state index contributed by atoms with van der Waals surface area (Å²) in [5.74, 6) is 0.271. The van der Waals surface area contributed by atoms with Gasteiger partial charge in [0, 0.05) is 26.2 Å². The fourth-order valence-corrected chi connectivity index (χ4v) is 7.55. The highest BCUT2D eigenvalue weighted by Gasteiger charge is 2.15. The van der Waals surface area contributed by atoms with Gasteiger partial charge in [-0.15, -0.1) is 0 Å². The molecule has 0 heterocycles. The first-order valence-electron chi connectivity index (χ1n) is 25.5. The number of carbonyl (C=O) groups excluding carboxylic acids is 2. The van der Waals surface area contributed by atoms with Crippen LogP contribution in [0.5, 0.6) is 0 Å². The Morgan fingerprint density at radius 3 is 1.36 bits per heavy atom. The van der Waals surface area contributed by atoms with E-state index >= 15 is 0 Å². The SMILES string of the molecule is CCCCCCCCOC(CCC(=O)OCCCCCCN(CCO)CCCCCOC(=O)OCC(CCCCCC)CCCCCCCC)OCCCCCCCC. The summed E-state index contributed by atoms with van der Waals surface area (Å²) in [6.45, 7) is 14.4. The first-order chi connectivity index (χ1) is 29.0. The Balaban J connectivity index is 4.17. The Hall–Kier alpha value is -1.42. The summed E-state index contributed by atoms with van der Waals surface area (Å²) >= 11 is 0. The van der Waals surface area contributed by atoms with Crippen molar-refractivity contribution in [3.8, 4) is 0 Å². The lowest BCUT2D eigenvalue weighted by atomic mass is 9.95. The minimum atomic E-state index is -0.524. The molecule has 0 amide bonds. The molecule has 0 aliphatic heterocycles. The number of aliphatic hydroxyl groups excluding tert-OH is 1. The Morgan fingerprint density at radius 2 is 0.847 bits per heavy atom. The second-order valence-electron chi connectivity index (χ2n) is 17.2. The first kappa shape index (κ1) is 57.6. The van der Waals surface area contributed by atoms with Gasteiger partial charge in [0.05, 0.1) is 32.8 Å². The van der Waals surface area contributed by atoms with Crippen molar-refractivity contribution in [3.05, 3.63) is 0 Å². The standard InChI is InChI=1S/C50H99NO8/c1-5-9-13-17-20-27-35-47(34-26-16-12-8-4)46-59-50(54)58-45-33-25-29-39-51(40-41-52)38-28-21-24-30-42-55-48(53)36-37-49(56-43-31-22-18-14-10-6-2)57-44-32-23-19-15-11-7-3/h47,49,52H,5-46H2,1-4H3. The van der Waals surface area contributed by atoms with E-state index in [2.05, 4.69) is 32.6 Å². The molecule has 0 aromatic rings. The van der Waals surface area contributed by atoms with Crippen molar-refractivity contribution in [1.82, 2.24) is 4.90 Å². The van der Waals surface area contributed by atoms with E-state index in [-0.39, 0.29) is 18.9 Å². The molecule has 0 spiro atoms. The predicted molar refractivity (Wildman–Crippen MR) is 246 cm³/mol. The number of carbonyl (C=O) groups is 2. The van der Waals surface area contributed by atoms with Crippen LogP contribution in [0.1, 0.15) is 240 Å². The molecular weight excluding hydrogens is 743 g/mol. The van der Waals surface area contributed by atoms with Crippen LogP contribution in [0, 0.1) is 5.92 Å². The third kappa shape index (κ3) is 43.0. The summed E-state index contributed by atoms with van der Waals surface area (Å²) < 4.78 is 28.7. The molecule has 59 heavy (non-hydrogen) atoms. The van der Waals surface area contributed by atoms with Crippen LogP contribution in [-0.4, -0.2) is 87.7 Å². The van der Waals surface area contributed by atoms with Gasteiger partial charge in [0.15, 0.2) is 6.29 Å². The molecule has 0 rings (SSSR count). The summed E-state index contributed by atoms with van der Waals surface area (Å²) in [5.41, 5.74) is 0. The molecule has 9 heteroatoms. The Bertz CT molecular complexity index is 843. The molecule has 1 N–H and O–H groups in total. The van der Waals surface area contributed by atoms with Gasteiger partial charge in [0.1, 0.15) is 0 Å². The zero-order valence-electron chi connectivity index (χ0n) is 39.6. The zero-order valence-corrected chi connectivity index (χ0v) is 39.6. The lowest BCUT2D eigenvalue weighted by molar-refractivity contribution is -0.159. The Labute approximate surface area is 365 Å². The quantitative estimate of drug-likeness (QED) is 0.0364. The first-order valence-corrected chi connectivity index (χ1v) is 25.5. The average Bonchev–Trinajstić information content (AvgIpc) is 3.23. The summed E-state index contributed by atoms with van der Waals surface area (Å²) in [6, 6.07) is 0. The van der Waals surface area contributed by atoms with Crippen LogP contribution in [0.4, 0.5) is 4.79 Å². The molecule has 352 valence electrons. The molecule has 9 nitrogen and oxygen atoms in total. The molecule has 0 saturated carbocycles. The summed E-state index contributed by atoms with van der Waals surface area (Å²) in [7, 11) is 0. The van der Waals surface area contributed by atoms with Gasteiger partial charge in [-0.2, -0.15) is 0 Å². The number of ether oxygens (including phenoxy) is 5. The van der Waals surface area contributed by atoms with E-state index in [4.69, 9.17) is 23.7 Å². The molecular formula is C50H99NO8. The molecule has 0 aromatic heterocycles. The van der Waals surface area contributed by atoms with Crippen LogP contribution >= 0.6 is 0 Å². The molecule has 0 aromatic carbocycles. The maximum absolute atomic E-state index is 12.5. The van der Waals surface area contributed by atoms with Gasteiger partial charge in [-0.05, 0) is 76.8 Å². The maximum Gasteiger partial charge on any atom is 0.508 e.